The molecule has 0 bridgehead atoms. The predicted octanol–water partition coefficient (Wildman–Crippen LogP) is 4.63. The van der Waals surface area contributed by atoms with Gasteiger partial charge in [0.05, 0.1) is 0 Å². The summed E-state index contributed by atoms with van der Waals surface area (Å²) in [5.41, 5.74) is 5.95. The zero-order valence-corrected chi connectivity index (χ0v) is 18.8. The monoisotopic (exact) mass is 435 g/mol. The molecule has 2 N–H and O–H groups in total. The Balaban J connectivity index is 1.35. The zero-order valence-electron chi connectivity index (χ0n) is 18.0. The summed E-state index contributed by atoms with van der Waals surface area (Å²) in [5.74, 6) is -0.481. The summed E-state index contributed by atoms with van der Waals surface area (Å²) in [7, 11) is 0. The highest BCUT2D eigenvalue weighted by Crippen LogP contribution is 2.26. The lowest BCUT2D eigenvalue weighted by Gasteiger charge is -2.44. The average molecular weight is 436 g/mol. The summed E-state index contributed by atoms with van der Waals surface area (Å²) < 4.78 is 0. The van der Waals surface area contributed by atoms with E-state index in [0.29, 0.717) is 17.6 Å². The number of nitrogens with zero attached hydrogens (tertiary/aromatic N) is 2. The molecule has 162 valence electrons. The lowest BCUT2D eigenvalue weighted by molar-refractivity contribution is 0.0290. The molecule has 2 heterocycles. The molecule has 1 amide bonds. The fourth-order valence-corrected chi connectivity index (χ4v) is 5.15. The molecule has 5 nitrogen and oxygen atoms in total. The van der Waals surface area contributed by atoms with Gasteiger partial charge in [0, 0.05) is 48.7 Å². The van der Waals surface area contributed by atoms with E-state index < -0.39 is 5.91 Å². The maximum atomic E-state index is 11.5. The van der Waals surface area contributed by atoms with Crippen LogP contribution in [0.4, 0.5) is 0 Å². The van der Waals surface area contributed by atoms with Crippen LogP contribution in [0.25, 0.3) is 10.4 Å². The third kappa shape index (κ3) is 5.22. The summed E-state index contributed by atoms with van der Waals surface area (Å²) in [4.78, 5) is 17.9. The second-order valence-electron chi connectivity index (χ2n) is 8.38. The van der Waals surface area contributed by atoms with Gasteiger partial charge in [-0.25, -0.2) is 5.48 Å². The topological polar surface area (TPSA) is 55.8 Å². The van der Waals surface area contributed by atoms with E-state index in [2.05, 4.69) is 65.4 Å². The molecule has 1 fully saturated rings. The molecule has 1 aliphatic heterocycles. The fourth-order valence-electron chi connectivity index (χ4n) is 4.42. The fraction of sp³-hybridized carbons (Fsp3) is 0.320. The first-order chi connectivity index (χ1) is 15.0. The van der Waals surface area contributed by atoms with Crippen molar-refractivity contribution in [1.82, 2.24) is 15.3 Å². The van der Waals surface area contributed by atoms with Crippen molar-refractivity contribution < 1.29 is 10.0 Å². The number of rotatable bonds is 6. The number of amides is 1. The lowest BCUT2D eigenvalue weighted by Crippen LogP contribution is -2.55. The van der Waals surface area contributed by atoms with Crippen LogP contribution < -0.4 is 5.48 Å². The van der Waals surface area contributed by atoms with Crippen molar-refractivity contribution in [1.29, 1.82) is 0 Å². The van der Waals surface area contributed by atoms with Gasteiger partial charge in [0.1, 0.15) is 0 Å². The van der Waals surface area contributed by atoms with Gasteiger partial charge < -0.3 is 0 Å². The minimum Gasteiger partial charge on any atom is -0.296 e. The highest BCUT2D eigenvalue weighted by molar-refractivity contribution is 7.13. The van der Waals surface area contributed by atoms with E-state index in [9.17, 15) is 4.79 Å². The average Bonchev–Trinajstić information content (AvgIpc) is 3.32. The van der Waals surface area contributed by atoms with E-state index >= 15 is 0 Å². The van der Waals surface area contributed by atoms with E-state index in [4.69, 9.17) is 5.21 Å². The van der Waals surface area contributed by atoms with Gasteiger partial charge in [0.2, 0.25) is 0 Å². The summed E-state index contributed by atoms with van der Waals surface area (Å²) in [6.07, 6.45) is 0. The largest absolute Gasteiger partial charge is 0.296 e. The SMILES string of the molecule is C[C@@H]1CN(Cc2ccc(-c3cccs3)cc2)C[C@H](C)N1Cc1ccc(C(=O)NO)cc1. The van der Waals surface area contributed by atoms with Gasteiger partial charge in [-0.15, -0.1) is 11.3 Å². The number of hydroxylamine groups is 1. The van der Waals surface area contributed by atoms with Gasteiger partial charge in [-0.2, -0.15) is 0 Å². The van der Waals surface area contributed by atoms with Crippen LogP contribution in [0, 0.1) is 0 Å². The molecular formula is C25H29N3O2S. The molecule has 2 atom stereocenters. The van der Waals surface area contributed by atoms with E-state index in [1.807, 2.05) is 12.1 Å². The molecule has 1 aromatic heterocycles. The number of piperazine rings is 1. The molecule has 4 rings (SSSR count). The smallest absolute Gasteiger partial charge is 0.274 e. The Morgan fingerprint density at radius 2 is 1.58 bits per heavy atom. The van der Waals surface area contributed by atoms with Gasteiger partial charge in [-0.3, -0.25) is 19.8 Å². The number of nitrogens with one attached hydrogen (secondary N) is 1. The molecule has 1 aliphatic rings. The van der Waals surface area contributed by atoms with Gasteiger partial charge >= 0.3 is 0 Å². The summed E-state index contributed by atoms with van der Waals surface area (Å²) >= 11 is 1.78. The van der Waals surface area contributed by atoms with Crippen LogP contribution >= 0.6 is 11.3 Å². The van der Waals surface area contributed by atoms with Crippen molar-refractivity contribution in [3.63, 3.8) is 0 Å². The Morgan fingerprint density at radius 1 is 0.968 bits per heavy atom. The number of thiophene rings is 1. The number of hydrogen-bond acceptors (Lipinski definition) is 5. The minimum atomic E-state index is -0.481. The molecule has 31 heavy (non-hydrogen) atoms. The molecule has 0 unspecified atom stereocenters. The lowest BCUT2D eigenvalue weighted by atomic mass is 10.0. The number of carbonyl (C=O) groups excluding carboxylic acids is 1. The van der Waals surface area contributed by atoms with Crippen molar-refractivity contribution in [3.05, 3.63) is 82.7 Å². The molecule has 0 aliphatic carbocycles. The zero-order chi connectivity index (χ0) is 21.8. The van der Waals surface area contributed by atoms with Crippen molar-refractivity contribution in [2.24, 2.45) is 0 Å². The maximum absolute atomic E-state index is 11.5. The molecule has 6 heteroatoms. The number of hydrogen-bond donors (Lipinski definition) is 2. The second-order valence-corrected chi connectivity index (χ2v) is 9.32. The summed E-state index contributed by atoms with van der Waals surface area (Å²) in [5, 5.41) is 10.9. The summed E-state index contributed by atoms with van der Waals surface area (Å²) in [6.45, 7) is 8.46. The van der Waals surface area contributed by atoms with Crippen LogP contribution in [-0.2, 0) is 13.1 Å². The summed E-state index contributed by atoms with van der Waals surface area (Å²) in [6, 6.07) is 21.5. The van der Waals surface area contributed by atoms with E-state index in [1.54, 1.807) is 28.9 Å². The van der Waals surface area contributed by atoms with Crippen LogP contribution in [0.5, 0.6) is 0 Å². The number of benzene rings is 2. The highest BCUT2D eigenvalue weighted by atomic mass is 32.1. The van der Waals surface area contributed by atoms with Crippen LogP contribution in [0.1, 0.15) is 35.3 Å². The van der Waals surface area contributed by atoms with Gasteiger partial charge in [-0.1, -0.05) is 42.5 Å². The molecular weight excluding hydrogens is 406 g/mol. The normalized spacial score (nSPS) is 20.0. The van der Waals surface area contributed by atoms with Gasteiger partial charge in [0.25, 0.3) is 5.91 Å². The Kier molecular flexibility index (Phi) is 6.83. The number of carbonyl (C=O) groups is 1. The Hall–Kier alpha value is -2.51. The van der Waals surface area contributed by atoms with Gasteiger partial charge in [-0.05, 0) is 54.1 Å². The standard InChI is InChI=1S/C25H29N3O2S/c1-18-14-27(16-20-5-9-22(10-6-20)24-4-3-13-31-24)15-19(2)28(18)17-21-7-11-23(12-8-21)25(29)26-30/h3-13,18-19,30H,14-17H2,1-2H3,(H,26,29)/t18-,19+. The Labute approximate surface area is 187 Å². The molecule has 3 aromatic rings. The molecule has 0 spiro atoms. The first-order valence-corrected chi connectivity index (χ1v) is 11.6. The predicted molar refractivity (Wildman–Crippen MR) is 125 cm³/mol. The third-order valence-corrected chi connectivity index (χ3v) is 6.94. The third-order valence-electron chi connectivity index (χ3n) is 6.03. The Morgan fingerprint density at radius 3 is 2.16 bits per heavy atom. The van der Waals surface area contributed by atoms with Gasteiger partial charge in [0.15, 0.2) is 0 Å². The molecule has 0 saturated carbocycles. The van der Waals surface area contributed by atoms with Crippen molar-refractivity contribution in [2.75, 3.05) is 13.1 Å². The van der Waals surface area contributed by atoms with Crippen LogP contribution in [0.2, 0.25) is 0 Å². The Bertz CT molecular complexity index is 975. The quantitative estimate of drug-likeness (QED) is 0.438. The van der Waals surface area contributed by atoms with E-state index in [-0.39, 0.29) is 0 Å². The van der Waals surface area contributed by atoms with Crippen LogP contribution in [0.15, 0.2) is 66.0 Å². The second kappa shape index (κ2) is 9.75. The molecule has 0 radical (unpaired) electrons. The van der Waals surface area contributed by atoms with Crippen LogP contribution in [-0.4, -0.2) is 46.1 Å². The van der Waals surface area contributed by atoms with E-state index in [1.165, 1.54) is 21.6 Å². The van der Waals surface area contributed by atoms with Crippen molar-refractivity contribution >= 4 is 17.2 Å². The molecule has 1 saturated heterocycles. The van der Waals surface area contributed by atoms with E-state index in [0.717, 1.165) is 26.2 Å². The molecule has 2 aromatic carbocycles. The maximum Gasteiger partial charge on any atom is 0.274 e. The van der Waals surface area contributed by atoms with Crippen LogP contribution in [0.3, 0.4) is 0 Å². The minimum absolute atomic E-state index is 0.439. The highest BCUT2D eigenvalue weighted by Gasteiger charge is 2.29. The van der Waals surface area contributed by atoms with Crippen molar-refractivity contribution in [3.8, 4) is 10.4 Å². The van der Waals surface area contributed by atoms with Crippen molar-refractivity contribution in [2.45, 2.75) is 39.0 Å². The first kappa shape index (κ1) is 21.7. The first-order valence-electron chi connectivity index (χ1n) is 10.7.